The minimum Gasteiger partial charge on any atom is -0.389 e. The number of likely N-dealkylation sites (N-methyl/N-ethyl adjacent to an activating group) is 1. The number of hydrogen-bond acceptors (Lipinski definition) is 3. The molecule has 0 radical (unpaired) electrons. The predicted molar refractivity (Wildman–Crippen MR) is 77.1 cm³/mol. The molecule has 0 heterocycles. The summed E-state index contributed by atoms with van der Waals surface area (Å²) < 4.78 is 44.1. The van der Waals surface area contributed by atoms with Gasteiger partial charge in [-0.3, -0.25) is 0 Å². The molecule has 1 aromatic rings. The predicted octanol–water partition coefficient (Wildman–Crippen LogP) is 2.81. The summed E-state index contributed by atoms with van der Waals surface area (Å²) >= 11 is 4.67. The van der Waals surface area contributed by atoms with Crippen LogP contribution in [-0.4, -0.2) is 31.8 Å². The molecule has 7 heteroatoms. The Balaban J connectivity index is 3.21. The Labute approximate surface area is 121 Å². The highest BCUT2D eigenvalue weighted by Crippen LogP contribution is 2.34. The van der Waals surface area contributed by atoms with Gasteiger partial charge in [0.05, 0.1) is 12.2 Å². The molecule has 0 bridgehead atoms. The number of methoxy groups -OCH3 is 1. The van der Waals surface area contributed by atoms with Gasteiger partial charge in [-0.25, -0.2) is 0 Å². The van der Waals surface area contributed by atoms with Gasteiger partial charge in [0.25, 0.3) is 0 Å². The monoisotopic (exact) mass is 306 g/mol. The molecule has 0 aliphatic carbocycles. The Morgan fingerprint density at radius 2 is 2.05 bits per heavy atom. The maximum absolute atomic E-state index is 13.0. The number of thiocarbonyl (C=S) groups is 1. The summed E-state index contributed by atoms with van der Waals surface area (Å²) in [4.78, 5) is 1.53. The number of ether oxygens (including phenoxy) is 1. The van der Waals surface area contributed by atoms with Crippen LogP contribution in [0.4, 0.5) is 18.9 Å². The third kappa shape index (κ3) is 4.08. The highest BCUT2D eigenvalue weighted by Gasteiger charge is 2.34. The molecular weight excluding hydrogens is 289 g/mol. The van der Waals surface area contributed by atoms with Crippen LogP contribution in [0.15, 0.2) is 18.2 Å². The molecule has 0 amide bonds. The molecule has 1 rings (SSSR count). The van der Waals surface area contributed by atoms with E-state index in [9.17, 15) is 13.2 Å². The maximum atomic E-state index is 13.0. The van der Waals surface area contributed by atoms with Crippen molar-refractivity contribution in [1.82, 2.24) is 0 Å². The van der Waals surface area contributed by atoms with E-state index in [1.807, 2.05) is 6.92 Å². The molecule has 0 fully saturated rings. The number of nitrogens with two attached hydrogens (primary N) is 1. The Morgan fingerprint density at radius 3 is 2.50 bits per heavy atom. The second kappa shape index (κ2) is 6.90. The molecular formula is C13H17F3N2OS. The fourth-order valence-corrected chi connectivity index (χ4v) is 2.03. The lowest BCUT2D eigenvalue weighted by Crippen LogP contribution is -2.27. The van der Waals surface area contributed by atoms with Gasteiger partial charge < -0.3 is 15.4 Å². The number of anilines is 1. The van der Waals surface area contributed by atoms with E-state index < -0.39 is 11.7 Å². The summed E-state index contributed by atoms with van der Waals surface area (Å²) in [5, 5.41) is 0. The Hall–Kier alpha value is -1.34. The van der Waals surface area contributed by atoms with Gasteiger partial charge in [0.1, 0.15) is 4.99 Å². The van der Waals surface area contributed by atoms with Crippen LogP contribution in [0, 0.1) is 0 Å². The molecule has 0 aliphatic heterocycles. The smallest absolute Gasteiger partial charge is 0.389 e. The van der Waals surface area contributed by atoms with Crippen molar-refractivity contribution in [2.45, 2.75) is 13.1 Å². The zero-order valence-corrected chi connectivity index (χ0v) is 12.1. The van der Waals surface area contributed by atoms with Crippen molar-refractivity contribution in [3.63, 3.8) is 0 Å². The molecule has 1 aromatic carbocycles. The van der Waals surface area contributed by atoms with Crippen LogP contribution in [0.3, 0.4) is 0 Å². The Kier molecular flexibility index (Phi) is 5.76. The lowest BCUT2D eigenvalue weighted by atomic mass is 10.1. The fourth-order valence-electron chi connectivity index (χ4n) is 1.85. The molecule has 0 unspecified atom stereocenters. The molecule has 0 atom stereocenters. The molecule has 112 valence electrons. The molecule has 0 saturated heterocycles. The minimum absolute atomic E-state index is 0.154. The van der Waals surface area contributed by atoms with E-state index in [2.05, 4.69) is 12.2 Å². The van der Waals surface area contributed by atoms with Crippen LogP contribution < -0.4 is 10.6 Å². The standard InChI is InChI=1S/C13H17F3N2OS/c1-3-18(6-7-19-2)9-4-5-10(12(17)20)11(8-9)13(14,15)16/h4-5,8H,3,6-7H2,1-2H3,(H2,17,20). The third-order valence-corrected chi connectivity index (χ3v) is 3.11. The Morgan fingerprint density at radius 1 is 1.40 bits per heavy atom. The van der Waals surface area contributed by atoms with Crippen LogP contribution >= 0.6 is 12.2 Å². The van der Waals surface area contributed by atoms with Gasteiger partial charge in [0, 0.05) is 31.5 Å². The second-order valence-electron chi connectivity index (χ2n) is 4.16. The SMILES string of the molecule is CCN(CCOC)c1ccc(C(N)=S)c(C(F)(F)F)c1. The number of rotatable bonds is 6. The molecule has 0 aliphatic rings. The van der Waals surface area contributed by atoms with Gasteiger partial charge in [-0.05, 0) is 25.1 Å². The largest absolute Gasteiger partial charge is 0.417 e. The molecule has 20 heavy (non-hydrogen) atoms. The van der Waals surface area contributed by atoms with E-state index in [0.29, 0.717) is 25.4 Å². The lowest BCUT2D eigenvalue weighted by Gasteiger charge is -2.24. The van der Waals surface area contributed by atoms with E-state index in [0.717, 1.165) is 6.07 Å². The number of halogens is 3. The number of benzene rings is 1. The van der Waals surface area contributed by atoms with E-state index in [4.69, 9.17) is 10.5 Å². The van der Waals surface area contributed by atoms with Gasteiger partial charge in [0.2, 0.25) is 0 Å². The summed E-state index contributed by atoms with van der Waals surface area (Å²) in [7, 11) is 1.55. The quantitative estimate of drug-likeness (QED) is 0.820. The van der Waals surface area contributed by atoms with Gasteiger partial charge in [-0.1, -0.05) is 12.2 Å². The highest BCUT2D eigenvalue weighted by molar-refractivity contribution is 7.80. The maximum Gasteiger partial charge on any atom is 0.417 e. The molecule has 0 saturated carbocycles. The van der Waals surface area contributed by atoms with Gasteiger partial charge in [-0.15, -0.1) is 0 Å². The summed E-state index contributed by atoms with van der Waals surface area (Å²) in [6.45, 7) is 3.39. The first-order chi connectivity index (χ1) is 9.31. The number of hydrogen-bond donors (Lipinski definition) is 1. The first kappa shape index (κ1) is 16.7. The van der Waals surface area contributed by atoms with E-state index in [1.54, 1.807) is 18.1 Å². The summed E-state index contributed by atoms with van der Waals surface area (Å²) in [6, 6.07) is 3.98. The average molecular weight is 306 g/mol. The lowest BCUT2D eigenvalue weighted by molar-refractivity contribution is -0.137. The Bertz CT molecular complexity index is 477. The van der Waals surface area contributed by atoms with Crippen molar-refractivity contribution < 1.29 is 17.9 Å². The second-order valence-corrected chi connectivity index (χ2v) is 4.60. The van der Waals surface area contributed by atoms with E-state index in [1.165, 1.54) is 6.07 Å². The highest BCUT2D eigenvalue weighted by atomic mass is 32.1. The summed E-state index contributed by atoms with van der Waals surface area (Å²) in [6.07, 6.45) is -4.49. The first-order valence-electron chi connectivity index (χ1n) is 6.06. The number of alkyl halides is 3. The van der Waals surface area contributed by atoms with Crippen LogP contribution in [0.2, 0.25) is 0 Å². The topological polar surface area (TPSA) is 38.5 Å². The van der Waals surface area contributed by atoms with Crippen molar-refractivity contribution >= 4 is 22.9 Å². The van der Waals surface area contributed by atoms with Crippen molar-refractivity contribution in [3.05, 3.63) is 29.3 Å². The van der Waals surface area contributed by atoms with Crippen LogP contribution in [0.25, 0.3) is 0 Å². The van der Waals surface area contributed by atoms with E-state index >= 15 is 0 Å². The third-order valence-electron chi connectivity index (χ3n) is 2.89. The normalized spacial score (nSPS) is 11.4. The zero-order valence-electron chi connectivity index (χ0n) is 11.3. The molecule has 3 nitrogen and oxygen atoms in total. The first-order valence-corrected chi connectivity index (χ1v) is 6.47. The molecule has 0 aromatic heterocycles. The summed E-state index contributed by atoms with van der Waals surface area (Å²) in [5.41, 5.74) is 4.86. The fraction of sp³-hybridized carbons (Fsp3) is 0.462. The van der Waals surface area contributed by atoms with Crippen molar-refractivity contribution in [2.24, 2.45) is 5.73 Å². The van der Waals surface area contributed by atoms with Crippen molar-refractivity contribution in [2.75, 3.05) is 31.7 Å². The number of nitrogens with zero attached hydrogens (tertiary/aromatic N) is 1. The van der Waals surface area contributed by atoms with Gasteiger partial charge >= 0.3 is 6.18 Å². The van der Waals surface area contributed by atoms with Gasteiger partial charge in [0.15, 0.2) is 0 Å². The molecule has 0 spiro atoms. The van der Waals surface area contributed by atoms with Gasteiger partial charge in [-0.2, -0.15) is 13.2 Å². The van der Waals surface area contributed by atoms with Crippen LogP contribution in [-0.2, 0) is 10.9 Å². The summed E-state index contributed by atoms with van der Waals surface area (Å²) in [5.74, 6) is 0. The van der Waals surface area contributed by atoms with Crippen molar-refractivity contribution in [1.29, 1.82) is 0 Å². The minimum atomic E-state index is -4.49. The average Bonchev–Trinajstić information content (AvgIpc) is 2.38. The zero-order chi connectivity index (χ0) is 15.3. The van der Waals surface area contributed by atoms with Crippen molar-refractivity contribution in [3.8, 4) is 0 Å². The molecule has 2 N–H and O–H groups in total. The van der Waals surface area contributed by atoms with Crippen LogP contribution in [0.5, 0.6) is 0 Å². The van der Waals surface area contributed by atoms with E-state index in [-0.39, 0.29) is 10.6 Å². The van der Waals surface area contributed by atoms with Crippen LogP contribution in [0.1, 0.15) is 18.1 Å².